The molecule has 1 amide bonds. The first-order valence-corrected chi connectivity index (χ1v) is 6.93. The molecule has 2 aliphatic heterocycles. The van der Waals surface area contributed by atoms with Gasteiger partial charge >= 0.3 is 0 Å². The minimum Gasteiger partial charge on any atom is -0.339 e. The van der Waals surface area contributed by atoms with Gasteiger partial charge in [-0.1, -0.05) is 27.7 Å². The van der Waals surface area contributed by atoms with E-state index in [1.54, 1.807) is 0 Å². The molecule has 0 bridgehead atoms. The third-order valence-corrected chi connectivity index (χ3v) is 3.89. The Kier molecular flexibility index (Phi) is 3.48. The van der Waals surface area contributed by atoms with E-state index < -0.39 is 0 Å². The van der Waals surface area contributed by atoms with Gasteiger partial charge in [-0.2, -0.15) is 0 Å². The fourth-order valence-corrected chi connectivity index (χ4v) is 3.49. The van der Waals surface area contributed by atoms with E-state index in [2.05, 4.69) is 37.9 Å². The van der Waals surface area contributed by atoms with Gasteiger partial charge in [-0.05, 0) is 37.0 Å². The highest BCUT2D eigenvalue weighted by molar-refractivity contribution is 5.84. The van der Waals surface area contributed by atoms with Crippen LogP contribution in [0.25, 0.3) is 0 Å². The van der Waals surface area contributed by atoms with Crippen LogP contribution in [-0.4, -0.2) is 29.6 Å². The van der Waals surface area contributed by atoms with Crippen molar-refractivity contribution in [1.29, 1.82) is 0 Å². The van der Waals surface area contributed by atoms with Crippen molar-refractivity contribution in [3.8, 4) is 0 Å². The van der Waals surface area contributed by atoms with Crippen molar-refractivity contribution in [3.63, 3.8) is 0 Å². The summed E-state index contributed by atoms with van der Waals surface area (Å²) in [7, 11) is 0. The third kappa shape index (κ3) is 3.01. The predicted octanol–water partition coefficient (Wildman–Crippen LogP) is 2.37. The topological polar surface area (TPSA) is 32.3 Å². The molecule has 0 aromatic rings. The first-order valence-electron chi connectivity index (χ1n) is 6.93. The molecule has 0 saturated carbocycles. The van der Waals surface area contributed by atoms with Gasteiger partial charge in [0.2, 0.25) is 5.91 Å². The Labute approximate surface area is 105 Å². The number of hydrogen-bond acceptors (Lipinski definition) is 2. The molecule has 2 rings (SSSR count). The molecule has 2 heterocycles. The fraction of sp³-hybridized carbons (Fsp3) is 0.929. The van der Waals surface area contributed by atoms with Gasteiger partial charge in [-0.15, -0.1) is 0 Å². The summed E-state index contributed by atoms with van der Waals surface area (Å²) < 4.78 is 0. The van der Waals surface area contributed by atoms with Crippen molar-refractivity contribution in [3.05, 3.63) is 0 Å². The summed E-state index contributed by atoms with van der Waals surface area (Å²) in [5.74, 6) is 0.926. The number of carbonyl (C=O) groups excluding carboxylic acids is 1. The van der Waals surface area contributed by atoms with Gasteiger partial charge < -0.3 is 5.32 Å². The molecule has 98 valence electrons. The average Bonchev–Trinajstić information content (AvgIpc) is 2.69. The second kappa shape index (κ2) is 4.60. The maximum atomic E-state index is 11.8. The van der Waals surface area contributed by atoms with Crippen LogP contribution in [0.2, 0.25) is 0 Å². The largest absolute Gasteiger partial charge is 0.339 e. The molecular weight excluding hydrogens is 212 g/mol. The van der Waals surface area contributed by atoms with E-state index in [1.165, 1.54) is 12.8 Å². The Morgan fingerprint density at radius 1 is 1.47 bits per heavy atom. The molecule has 3 atom stereocenters. The monoisotopic (exact) mass is 238 g/mol. The normalized spacial score (nSPS) is 31.4. The molecule has 2 aliphatic rings. The molecule has 3 nitrogen and oxygen atoms in total. The Balaban J connectivity index is 1.89. The van der Waals surface area contributed by atoms with Crippen molar-refractivity contribution in [2.75, 3.05) is 6.54 Å². The Hall–Kier alpha value is -0.570. The SMILES string of the molecule is CC(CC1NC(=O)[C@@H]2CCCN12)CC(C)(C)C. The summed E-state index contributed by atoms with van der Waals surface area (Å²) in [6.07, 6.45) is 4.85. The summed E-state index contributed by atoms with van der Waals surface area (Å²) in [6, 6.07) is 0.182. The van der Waals surface area contributed by atoms with Gasteiger partial charge in [0.05, 0.1) is 12.2 Å². The van der Waals surface area contributed by atoms with Crippen LogP contribution in [-0.2, 0) is 4.79 Å². The highest BCUT2D eigenvalue weighted by Crippen LogP contribution is 2.31. The highest BCUT2D eigenvalue weighted by Gasteiger charge is 2.42. The molecule has 2 saturated heterocycles. The van der Waals surface area contributed by atoms with E-state index in [-0.39, 0.29) is 11.9 Å². The van der Waals surface area contributed by atoms with E-state index in [9.17, 15) is 4.79 Å². The lowest BCUT2D eigenvalue weighted by Gasteiger charge is -2.28. The second-order valence-electron chi connectivity index (χ2n) is 7.03. The van der Waals surface area contributed by atoms with Crippen LogP contribution in [0.4, 0.5) is 0 Å². The molecule has 0 radical (unpaired) electrons. The first-order chi connectivity index (χ1) is 7.87. The molecule has 3 heteroatoms. The fourth-order valence-electron chi connectivity index (χ4n) is 3.49. The Bertz CT molecular complexity index is 295. The van der Waals surface area contributed by atoms with E-state index in [4.69, 9.17) is 0 Å². The van der Waals surface area contributed by atoms with Crippen molar-refractivity contribution in [2.24, 2.45) is 11.3 Å². The molecule has 0 aromatic carbocycles. The molecule has 0 aromatic heterocycles. The van der Waals surface area contributed by atoms with Crippen LogP contribution in [0.15, 0.2) is 0 Å². The minimum absolute atomic E-state index is 0.182. The number of fused-ring (bicyclic) bond motifs is 1. The maximum Gasteiger partial charge on any atom is 0.238 e. The zero-order chi connectivity index (χ0) is 12.6. The van der Waals surface area contributed by atoms with Crippen LogP contribution >= 0.6 is 0 Å². The van der Waals surface area contributed by atoms with Crippen LogP contribution in [0.1, 0.15) is 53.4 Å². The molecule has 17 heavy (non-hydrogen) atoms. The average molecular weight is 238 g/mol. The lowest BCUT2D eigenvalue weighted by Crippen LogP contribution is -2.37. The molecule has 2 fully saturated rings. The molecule has 1 N–H and O–H groups in total. The molecular formula is C14H26N2O. The minimum atomic E-state index is 0.182. The summed E-state index contributed by atoms with van der Waals surface area (Å²) in [6.45, 7) is 10.3. The van der Waals surface area contributed by atoms with E-state index >= 15 is 0 Å². The summed E-state index contributed by atoms with van der Waals surface area (Å²) in [5.41, 5.74) is 0.381. The van der Waals surface area contributed by atoms with Crippen molar-refractivity contribution in [1.82, 2.24) is 10.2 Å². The zero-order valence-corrected chi connectivity index (χ0v) is 11.6. The van der Waals surface area contributed by atoms with Gasteiger partial charge in [0.1, 0.15) is 0 Å². The number of rotatable bonds is 3. The number of nitrogens with one attached hydrogen (secondary N) is 1. The molecule has 2 unspecified atom stereocenters. The number of carbonyl (C=O) groups is 1. The Morgan fingerprint density at radius 3 is 2.82 bits per heavy atom. The summed E-state index contributed by atoms with van der Waals surface area (Å²) in [5, 5.41) is 3.16. The van der Waals surface area contributed by atoms with Gasteiger partial charge in [-0.25, -0.2) is 0 Å². The van der Waals surface area contributed by atoms with Crippen molar-refractivity contribution < 1.29 is 4.79 Å². The molecule has 0 aliphatic carbocycles. The second-order valence-corrected chi connectivity index (χ2v) is 7.03. The third-order valence-electron chi connectivity index (χ3n) is 3.89. The van der Waals surface area contributed by atoms with Crippen LogP contribution in [0.3, 0.4) is 0 Å². The van der Waals surface area contributed by atoms with Crippen molar-refractivity contribution in [2.45, 2.75) is 65.6 Å². The standard InChI is InChI=1S/C14H26N2O/c1-10(9-14(2,3)4)8-12-15-13(17)11-6-5-7-16(11)12/h10-12H,5-9H2,1-4H3,(H,15,17)/t10?,11-,12?/m0/s1. The lowest BCUT2D eigenvalue weighted by molar-refractivity contribution is -0.121. The zero-order valence-electron chi connectivity index (χ0n) is 11.6. The van der Waals surface area contributed by atoms with E-state index in [0.29, 0.717) is 17.5 Å². The van der Waals surface area contributed by atoms with Gasteiger partial charge in [-0.3, -0.25) is 9.69 Å². The number of hydrogen-bond donors (Lipinski definition) is 1. The van der Waals surface area contributed by atoms with Crippen LogP contribution in [0, 0.1) is 11.3 Å². The van der Waals surface area contributed by atoms with E-state index in [1.807, 2.05) is 0 Å². The number of amides is 1. The lowest BCUT2D eigenvalue weighted by atomic mass is 9.83. The van der Waals surface area contributed by atoms with Crippen LogP contribution in [0.5, 0.6) is 0 Å². The van der Waals surface area contributed by atoms with Crippen LogP contribution < -0.4 is 5.32 Å². The quantitative estimate of drug-likeness (QED) is 0.818. The summed E-state index contributed by atoms with van der Waals surface area (Å²) in [4.78, 5) is 14.2. The molecule has 0 spiro atoms. The Morgan fingerprint density at radius 2 is 2.18 bits per heavy atom. The first kappa shape index (κ1) is 12.9. The van der Waals surface area contributed by atoms with Crippen molar-refractivity contribution >= 4 is 5.91 Å². The van der Waals surface area contributed by atoms with Gasteiger partial charge in [0.25, 0.3) is 0 Å². The smallest absolute Gasteiger partial charge is 0.238 e. The highest BCUT2D eigenvalue weighted by atomic mass is 16.2. The summed E-state index contributed by atoms with van der Waals surface area (Å²) >= 11 is 0. The van der Waals surface area contributed by atoms with Gasteiger partial charge in [0.15, 0.2) is 0 Å². The predicted molar refractivity (Wildman–Crippen MR) is 69.5 cm³/mol. The van der Waals surface area contributed by atoms with Gasteiger partial charge in [0, 0.05) is 6.54 Å². The maximum absolute atomic E-state index is 11.8. The van der Waals surface area contributed by atoms with E-state index in [0.717, 1.165) is 19.4 Å². The number of nitrogens with zero attached hydrogens (tertiary/aromatic N) is 1.